The van der Waals surface area contributed by atoms with Crippen LogP contribution in [0.4, 0.5) is 0 Å². The quantitative estimate of drug-likeness (QED) is 0.793. The molecule has 0 aliphatic carbocycles. The van der Waals surface area contributed by atoms with Gasteiger partial charge in [-0.3, -0.25) is 9.69 Å². The maximum Gasteiger partial charge on any atom is 0.325 e. The number of carboxylic acids is 1. The number of methoxy groups -OCH3 is 1. The molecule has 1 aromatic rings. The molecule has 0 bridgehead atoms. The van der Waals surface area contributed by atoms with Crippen LogP contribution in [-0.4, -0.2) is 42.8 Å². The second kappa shape index (κ2) is 7.75. The minimum absolute atomic E-state index is 0.503. The molecule has 5 heteroatoms. The Labute approximate surface area is 120 Å². The highest BCUT2D eigenvalue weighted by atomic mass is 16.5. The summed E-state index contributed by atoms with van der Waals surface area (Å²) in [6.45, 7) is 7.62. The Morgan fingerprint density at radius 3 is 2.35 bits per heavy atom. The van der Waals surface area contributed by atoms with Gasteiger partial charge in [-0.05, 0) is 37.7 Å². The van der Waals surface area contributed by atoms with Crippen LogP contribution >= 0.6 is 0 Å². The van der Waals surface area contributed by atoms with Crippen LogP contribution in [0.2, 0.25) is 0 Å². The fraction of sp³-hybridized carbons (Fsp3) is 0.533. The number of aliphatic carboxylic acids is 1. The number of benzene rings is 1. The molecule has 1 N–H and O–H groups in total. The van der Waals surface area contributed by atoms with Crippen molar-refractivity contribution in [2.24, 2.45) is 0 Å². The molecule has 112 valence electrons. The van der Waals surface area contributed by atoms with Gasteiger partial charge in [0.1, 0.15) is 6.04 Å². The predicted octanol–water partition coefficient (Wildman–Crippen LogP) is 2.56. The van der Waals surface area contributed by atoms with Crippen LogP contribution < -0.4 is 9.47 Å². The molecular formula is C15H23NO4. The van der Waals surface area contributed by atoms with E-state index >= 15 is 0 Å². The average Bonchev–Trinajstić information content (AvgIpc) is 2.44. The van der Waals surface area contributed by atoms with Crippen LogP contribution in [0.15, 0.2) is 18.2 Å². The number of hydrogen-bond acceptors (Lipinski definition) is 4. The van der Waals surface area contributed by atoms with Crippen LogP contribution in [0.1, 0.15) is 32.4 Å². The topological polar surface area (TPSA) is 59.0 Å². The maximum absolute atomic E-state index is 11.6. The first-order valence-corrected chi connectivity index (χ1v) is 6.86. The van der Waals surface area contributed by atoms with Gasteiger partial charge in [0.05, 0.1) is 13.7 Å². The normalized spacial score (nSPS) is 12.2. The minimum Gasteiger partial charge on any atom is -0.493 e. The molecule has 0 aliphatic rings. The van der Waals surface area contributed by atoms with Gasteiger partial charge >= 0.3 is 5.97 Å². The van der Waals surface area contributed by atoms with Gasteiger partial charge in [0.2, 0.25) is 0 Å². The second-order valence-electron chi connectivity index (χ2n) is 4.31. The summed E-state index contributed by atoms with van der Waals surface area (Å²) < 4.78 is 10.7. The van der Waals surface area contributed by atoms with Crippen LogP contribution in [0.3, 0.4) is 0 Å². The molecule has 0 heterocycles. The van der Waals surface area contributed by atoms with Crippen molar-refractivity contribution in [1.82, 2.24) is 4.90 Å². The van der Waals surface area contributed by atoms with Gasteiger partial charge in [0.15, 0.2) is 11.5 Å². The first-order chi connectivity index (χ1) is 9.58. The maximum atomic E-state index is 11.6. The van der Waals surface area contributed by atoms with E-state index in [2.05, 4.69) is 0 Å². The number of rotatable bonds is 8. The summed E-state index contributed by atoms with van der Waals surface area (Å²) in [6.07, 6.45) is 0. The standard InChI is InChI=1S/C15H23NO4/c1-5-16(6-2)14(15(17)18)11-8-9-12(19-4)13(10-11)20-7-3/h8-10,14H,5-7H2,1-4H3,(H,17,18). The van der Waals surface area contributed by atoms with E-state index in [9.17, 15) is 9.90 Å². The van der Waals surface area contributed by atoms with Crippen molar-refractivity contribution in [2.45, 2.75) is 26.8 Å². The third-order valence-corrected chi connectivity index (χ3v) is 3.21. The zero-order valence-electron chi connectivity index (χ0n) is 12.5. The molecule has 0 aromatic heterocycles. The molecule has 1 aromatic carbocycles. The summed E-state index contributed by atoms with van der Waals surface area (Å²) in [7, 11) is 1.57. The molecule has 0 aliphatic heterocycles. The van der Waals surface area contributed by atoms with Crippen molar-refractivity contribution in [1.29, 1.82) is 0 Å². The molecule has 0 saturated carbocycles. The lowest BCUT2D eigenvalue weighted by Crippen LogP contribution is -2.33. The summed E-state index contributed by atoms with van der Waals surface area (Å²) in [5.41, 5.74) is 0.699. The average molecular weight is 281 g/mol. The van der Waals surface area contributed by atoms with Gasteiger partial charge in [-0.1, -0.05) is 19.9 Å². The third kappa shape index (κ3) is 3.63. The molecule has 0 radical (unpaired) electrons. The highest BCUT2D eigenvalue weighted by Gasteiger charge is 2.26. The van der Waals surface area contributed by atoms with Gasteiger partial charge in [-0.2, -0.15) is 0 Å². The Hall–Kier alpha value is -1.75. The Morgan fingerprint density at radius 1 is 1.25 bits per heavy atom. The van der Waals surface area contributed by atoms with Gasteiger partial charge in [-0.25, -0.2) is 0 Å². The number of nitrogens with zero attached hydrogens (tertiary/aromatic N) is 1. The van der Waals surface area contributed by atoms with Gasteiger partial charge in [0, 0.05) is 0 Å². The van der Waals surface area contributed by atoms with E-state index in [0.717, 1.165) is 0 Å². The highest BCUT2D eigenvalue weighted by molar-refractivity contribution is 5.76. The number of carboxylic acid groups (broad SMARTS) is 1. The molecule has 1 unspecified atom stereocenters. The molecular weight excluding hydrogens is 258 g/mol. The van der Waals surface area contributed by atoms with E-state index in [1.165, 1.54) is 0 Å². The number of likely N-dealkylation sites (N-methyl/N-ethyl adjacent to an activating group) is 1. The number of carbonyl (C=O) groups is 1. The van der Waals surface area contributed by atoms with E-state index in [1.54, 1.807) is 25.3 Å². The fourth-order valence-corrected chi connectivity index (χ4v) is 2.23. The zero-order valence-corrected chi connectivity index (χ0v) is 12.5. The SMILES string of the molecule is CCOc1cc(C(C(=O)O)N(CC)CC)ccc1OC. The van der Waals surface area contributed by atoms with Crippen LogP contribution in [-0.2, 0) is 4.79 Å². The largest absolute Gasteiger partial charge is 0.493 e. The van der Waals surface area contributed by atoms with E-state index in [1.807, 2.05) is 25.7 Å². The van der Waals surface area contributed by atoms with Crippen molar-refractivity contribution < 1.29 is 19.4 Å². The van der Waals surface area contributed by atoms with Crippen LogP contribution in [0.5, 0.6) is 11.5 Å². The van der Waals surface area contributed by atoms with Crippen molar-refractivity contribution in [3.63, 3.8) is 0 Å². The van der Waals surface area contributed by atoms with Gasteiger partial charge in [0.25, 0.3) is 0 Å². The van der Waals surface area contributed by atoms with Crippen molar-refractivity contribution >= 4 is 5.97 Å². The Balaban J connectivity index is 3.20. The summed E-state index contributed by atoms with van der Waals surface area (Å²) in [5.74, 6) is 0.325. The smallest absolute Gasteiger partial charge is 0.325 e. The Bertz CT molecular complexity index is 443. The summed E-state index contributed by atoms with van der Waals surface area (Å²) >= 11 is 0. The number of hydrogen-bond donors (Lipinski definition) is 1. The second-order valence-corrected chi connectivity index (χ2v) is 4.31. The fourth-order valence-electron chi connectivity index (χ4n) is 2.23. The third-order valence-electron chi connectivity index (χ3n) is 3.21. The van der Waals surface area contributed by atoms with Crippen molar-refractivity contribution in [3.8, 4) is 11.5 Å². The molecule has 0 amide bonds. The summed E-state index contributed by atoms with van der Waals surface area (Å²) in [4.78, 5) is 13.5. The highest BCUT2D eigenvalue weighted by Crippen LogP contribution is 2.32. The molecule has 0 saturated heterocycles. The van der Waals surface area contributed by atoms with Crippen LogP contribution in [0.25, 0.3) is 0 Å². The monoisotopic (exact) mass is 281 g/mol. The zero-order chi connectivity index (χ0) is 15.1. The Kier molecular flexibility index (Phi) is 6.31. The summed E-state index contributed by atoms with van der Waals surface area (Å²) in [6, 6.07) is 4.60. The van der Waals surface area contributed by atoms with E-state index in [-0.39, 0.29) is 0 Å². The molecule has 0 spiro atoms. The lowest BCUT2D eigenvalue weighted by atomic mass is 10.0. The van der Waals surface area contributed by atoms with E-state index in [4.69, 9.17) is 9.47 Å². The Morgan fingerprint density at radius 2 is 1.90 bits per heavy atom. The lowest BCUT2D eigenvalue weighted by Gasteiger charge is -2.27. The van der Waals surface area contributed by atoms with E-state index in [0.29, 0.717) is 36.8 Å². The van der Waals surface area contributed by atoms with Crippen LogP contribution in [0, 0.1) is 0 Å². The van der Waals surface area contributed by atoms with Gasteiger partial charge < -0.3 is 14.6 Å². The minimum atomic E-state index is -0.860. The van der Waals surface area contributed by atoms with E-state index < -0.39 is 12.0 Å². The van der Waals surface area contributed by atoms with Gasteiger partial charge in [-0.15, -0.1) is 0 Å². The lowest BCUT2D eigenvalue weighted by molar-refractivity contribution is -0.143. The molecule has 20 heavy (non-hydrogen) atoms. The first-order valence-electron chi connectivity index (χ1n) is 6.86. The number of ether oxygens (including phenoxy) is 2. The first kappa shape index (κ1) is 16.3. The molecule has 5 nitrogen and oxygen atoms in total. The molecule has 0 fully saturated rings. The molecule has 1 rings (SSSR count). The summed E-state index contributed by atoms with van der Waals surface area (Å²) in [5, 5.41) is 9.49. The predicted molar refractivity (Wildman–Crippen MR) is 77.5 cm³/mol. The van der Waals surface area contributed by atoms with Crippen molar-refractivity contribution in [3.05, 3.63) is 23.8 Å². The molecule has 1 atom stereocenters. The van der Waals surface area contributed by atoms with Crippen molar-refractivity contribution in [2.75, 3.05) is 26.8 Å².